The molecule has 0 aliphatic carbocycles. The van der Waals surface area contributed by atoms with Crippen molar-refractivity contribution >= 4 is 35.4 Å². The fraction of sp³-hybridized carbons (Fsp3) is 0.0870. The maximum atomic E-state index is 12.3. The predicted octanol–water partition coefficient (Wildman–Crippen LogP) is 6.57. The third kappa shape index (κ3) is 7.00. The molecule has 0 atom stereocenters. The maximum absolute atomic E-state index is 12.3. The molecular formula is C23H20O2S2. The molecule has 4 heteroatoms. The van der Waals surface area contributed by atoms with E-state index < -0.39 is 0 Å². The van der Waals surface area contributed by atoms with Gasteiger partial charge in [-0.15, -0.1) is 23.5 Å². The third-order valence-corrected chi connectivity index (χ3v) is 6.13. The number of rotatable bonds is 9. The van der Waals surface area contributed by atoms with E-state index in [0.29, 0.717) is 5.76 Å². The van der Waals surface area contributed by atoms with Gasteiger partial charge in [-0.25, -0.2) is 0 Å². The Bertz CT molecular complexity index is 837. The number of benzene rings is 2. The minimum Gasteiger partial charge on any atom is -0.465 e. The van der Waals surface area contributed by atoms with Gasteiger partial charge in [-0.1, -0.05) is 60.7 Å². The summed E-state index contributed by atoms with van der Waals surface area (Å²) in [7, 11) is 0. The molecule has 2 aromatic carbocycles. The third-order valence-electron chi connectivity index (χ3n) is 3.66. The fourth-order valence-corrected chi connectivity index (χ4v) is 4.39. The van der Waals surface area contributed by atoms with Crippen LogP contribution in [0.15, 0.2) is 99.9 Å². The van der Waals surface area contributed by atoms with Gasteiger partial charge < -0.3 is 4.42 Å². The average molecular weight is 393 g/mol. The topological polar surface area (TPSA) is 30.2 Å². The van der Waals surface area contributed by atoms with Crippen molar-refractivity contribution in [3.8, 4) is 0 Å². The van der Waals surface area contributed by atoms with Crippen molar-refractivity contribution in [3.63, 3.8) is 0 Å². The number of carbonyl (C=O) groups is 1. The molecule has 0 bridgehead atoms. The molecule has 0 radical (unpaired) electrons. The van der Waals surface area contributed by atoms with E-state index in [0.717, 1.165) is 15.7 Å². The molecule has 0 fully saturated rings. The Morgan fingerprint density at radius 2 is 1.41 bits per heavy atom. The Kier molecular flexibility index (Phi) is 7.63. The van der Waals surface area contributed by atoms with Crippen molar-refractivity contribution < 1.29 is 9.21 Å². The van der Waals surface area contributed by atoms with Crippen LogP contribution in [0.1, 0.15) is 16.9 Å². The zero-order chi connectivity index (χ0) is 18.7. The quantitative estimate of drug-likeness (QED) is 0.385. The van der Waals surface area contributed by atoms with Crippen LogP contribution in [0.5, 0.6) is 0 Å². The molecule has 0 amide bonds. The first-order chi connectivity index (χ1) is 13.3. The summed E-state index contributed by atoms with van der Waals surface area (Å²) in [6.45, 7) is 0. The van der Waals surface area contributed by atoms with Gasteiger partial charge in [-0.05, 0) is 35.4 Å². The van der Waals surface area contributed by atoms with Crippen molar-refractivity contribution in [2.75, 3.05) is 0 Å². The number of hydrogen-bond acceptors (Lipinski definition) is 4. The van der Waals surface area contributed by atoms with Gasteiger partial charge in [0, 0.05) is 21.8 Å². The van der Waals surface area contributed by atoms with Crippen LogP contribution in [-0.4, -0.2) is 5.78 Å². The Labute approximate surface area is 168 Å². The van der Waals surface area contributed by atoms with Gasteiger partial charge in [-0.3, -0.25) is 4.79 Å². The number of ketones is 1. The van der Waals surface area contributed by atoms with Gasteiger partial charge in [0.15, 0.2) is 5.78 Å². The van der Waals surface area contributed by atoms with Crippen molar-refractivity contribution in [2.45, 2.75) is 11.5 Å². The van der Waals surface area contributed by atoms with Crippen molar-refractivity contribution in [3.05, 3.63) is 112 Å². The molecule has 0 spiro atoms. The first-order valence-corrected chi connectivity index (χ1v) is 10.6. The van der Waals surface area contributed by atoms with Gasteiger partial charge in [-0.2, -0.15) is 0 Å². The predicted molar refractivity (Wildman–Crippen MR) is 116 cm³/mol. The van der Waals surface area contributed by atoms with Crippen LogP contribution in [0.2, 0.25) is 0 Å². The number of thioether (sulfide) groups is 2. The lowest BCUT2D eigenvalue weighted by Gasteiger charge is -2.07. The second kappa shape index (κ2) is 10.7. The lowest BCUT2D eigenvalue weighted by Crippen LogP contribution is -1.89. The molecule has 0 N–H and O–H groups in total. The van der Waals surface area contributed by atoms with Crippen LogP contribution >= 0.6 is 23.5 Å². The summed E-state index contributed by atoms with van der Waals surface area (Å²) in [6.07, 6.45) is 6.54. The van der Waals surface area contributed by atoms with E-state index in [2.05, 4.69) is 24.3 Å². The minimum atomic E-state index is -0.0393. The zero-order valence-electron chi connectivity index (χ0n) is 14.8. The Morgan fingerprint density at radius 3 is 1.93 bits per heavy atom. The monoisotopic (exact) mass is 392 g/mol. The molecule has 2 nitrogen and oxygen atoms in total. The lowest BCUT2D eigenvalue weighted by molar-refractivity contribution is -0.110. The number of hydrogen-bond donors (Lipinski definition) is 0. The summed E-state index contributed by atoms with van der Waals surface area (Å²) in [5, 5.41) is 0. The summed E-state index contributed by atoms with van der Waals surface area (Å²) >= 11 is 3.38. The van der Waals surface area contributed by atoms with Crippen molar-refractivity contribution in [1.82, 2.24) is 0 Å². The molecule has 0 unspecified atom stereocenters. The van der Waals surface area contributed by atoms with E-state index in [1.165, 1.54) is 11.1 Å². The Balaban J connectivity index is 1.66. The zero-order valence-corrected chi connectivity index (χ0v) is 16.4. The SMILES string of the molecule is O=C(C=C(SCc1ccccc1)SCc1ccccc1)/C=C/c1ccco1. The standard InChI is InChI=1S/C23H20O2S2/c24-21(13-14-22-12-7-15-25-22)16-23(26-17-19-8-3-1-4-9-19)27-18-20-10-5-2-6-11-20/h1-16H,17-18H2/b14-13+. The van der Waals surface area contributed by atoms with E-state index in [-0.39, 0.29) is 5.78 Å². The van der Waals surface area contributed by atoms with Gasteiger partial charge in [0.05, 0.1) is 6.26 Å². The van der Waals surface area contributed by atoms with Gasteiger partial charge in [0.25, 0.3) is 0 Å². The molecule has 1 aromatic heterocycles. The number of furan rings is 1. The van der Waals surface area contributed by atoms with E-state index >= 15 is 0 Å². The molecule has 136 valence electrons. The first-order valence-electron chi connectivity index (χ1n) is 8.60. The van der Waals surface area contributed by atoms with Crippen LogP contribution < -0.4 is 0 Å². The molecule has 27 heavy (non-hydrogen) atoms. The molecule has 0 aliphatic rings. The summed E-state index contributed by atoms with van der Waals surface area (Å²) in [5.41, 5.74) is 2.49. The molecule has 0 aliphatic heterocycles. The van der Waals surface area contributed by atoms with Crippen LogP contribution in [-0.2, 0) is 16.3 Å². The number of allylic oxidation sites excluding steroid dienone is 2. The van der Waals surface area contributed by atoms with E-state index in [4.69, 9.17) is 4.42 Å². The van der Waals surface area contributed by atoms with Crippen molar-refractivity contribution in [2.24, 2.45) is 0 Å². The average Bonchev–Trinajstić information content (AvgIpc) is 3.24. The van der Waals surface area contributed by atoms with E-state index in [1.54, 1.807) is 54.1 Å². The second-order valence-corrected chi connectivity index (χ2v) is 8.06. The first kappa shape index (κ1) is 19.3. The molecule has 0 saturated heterocycles. The Hall–Kier alpha value is -2.43. The fourth-order valence-electron chi connectivity index (χ4n) is 2.30. The second-order valence-electron chi connectivity index (χ2n) is 5.76. The highest BCUT2D eigenvalue weighted by Crippen LogP contribution is 2.33. The smallest absolute Gasteiger partial charge is 0.180 e. The summed E-state index contributed by atoms with van der Waals surface area (Å²) in [6, 6.07) is 24.2. The van der Waals surface area contributed by atoms with Crippen molar-refractivity contribution in [1.29, 1.82) is 0 Å². The van der Waals surface area contributed by atoms with Crippen LogP contribution in [0.25, 0.3) is 6.08 Å². The van der Waals surface area contributed by atoms with Gasteiger partial charge in [0.1, 0.15) is 5.76 Å². The van der Waals surface area contributed by atoms with Crippen LogP contribution in [0.3, 0.4) is 0 Å². The summed E-state index contributed by atoms with van der Waals surface area (Å²) in [5.74, 6) is 2.31. The maximum Gasteiger partial charge on any atom is 0.180 e. The van der Waals surface area contributed by atoms with E-state index in [9.17, 15) is 4.79 Å². The van der Waals surface area contributed by atoms with E-state index in [1.807, 2.05) is 42.5 Å². The van der Waals surface area contributed by atoms with Crippen LogP contribution in [0, 0.1) is 0 Å². The highest BCUT2D eigenvalue weighted by Gasteiger charge is 2.05. The largest absolute Gasteiger partial charge is 0.465 e. The Morgan fingerprint density at radius 1 is 0.815 bits per heavy atom. The molecule has 0 saturated carbocycles. The minimum absolute atomic E-state index is 0.0393. The lowest BCUT2D eigenvalue weighted by atomic mass is 10.2. The molecule has 1 heterocycles. The normalized spacial score (nSPS) is 10.8. The molecule has 3 rings (SSSR count). The van der Waals surface area contributed by atoms with Crippen LogP contribution in [0.4, 0.5) is 0 Å². The number of carbonyl (C=O) groups excluding carboxylic acids is 1. The van der Waals surface area contributed by atoms with Gasteiger partial charge in [0.2, 0.25) is 0 Å². The molecular weight excluding hydrogens is 372 g/mol. The molecule has 3 aromatic rings. The highest BCUT2D eigenvalue weighted by molar-refractivity contribution is 8.21. The summed E-state index contributed by atoms with van der Waals surface area (Å²) in [4.78, 5) is 12.3. The van der Waals surface area contributed by atoms with Gasteiger partial charge >= 0.3 is 0 Å². The summed E-state index contributed by atoms with van der Waals surface area (Å²) < 4.78 is 6.24. The highest BCUT2D eigenvalue weighted by atomic mass is 32.2.